The molecule has 31 heavy (non-hydrogen) atoms. The molecule has 0 bridgehead atoms. The van der Waals surface area contributed by atoms with Crippen molar-refractivity contribution >= 4 is 11.6 Å². The maximum atomic E-state index is 13.4. The van der Waals surface area contributed by atoms with E-state index >= 15 is 0 Å². The predicted molar refractivity (Wildman–Crippen MR) is 111 cm³/mol. The van der Waals surface area contributed by atoms with Crippen LogP contribution in [0.4, 0.5) is 18.9 Å². The SMILES string of the molecule is N#Cc1ccc(N2C[C@@H](C(N)=O)[C@H](C3CCN(C4CCCC4)CC3)C2)cc1C(F)(F)F. The summed E-state index contributed by atoms with van der Waals surface area (Å²) in [7, 11) is 0. The third kappa shape index (κ3) is 4.52. The van der Waals surface area contributed by atoms with Gasteiger partial charge in [-0.3, -0.25) is 4.79 Å². The predicted octanol–water partition coefficient (Wildman–Crippen LogP) is 3.77. The number of alkyl halides is 3. The third-order valence-corrected chi connectivity index (χ3v) is 7.55. The minimum atomic E-state index is -4.60. The molecule has 3 aliphatic rings. The van der Waals surface area contributed by atoms with Crippen molar-refractivity contribution < 1.29 is 18.0 Å². The Hall–Kier alpha value is -2.27. The van der Waals surface area contributed by atoms with Gasteiger partial charge in [0, 0.05) is 24.8 Å². The lowest BCUT2D eigenvalue weighted by Crippen LogP contribution is -2.43. The fourth-order valence-corrected chi connectivity index (χ4v) is 5.86. The molecule has 1 aromatic carbocycles. The lowest BCUT2D eigenvalue weighted by atomic mass is 9.78. The van der Waals surface area contributed by atoms with Crippen molar-refractivity contribution in [2.75, 3.05) is 31.1 Å². The molecule has 1 saturated carbocycles. The molecule has 2 atom stereocenters. The third-order valence-electron chi connectivity index (χ3n) is 7.55. The first-order valence-electron chi connectivity index (χ1n) is 11.2. The van der Waals surface area contributed by atoms with E-state index in [1.807, 2.05) is 4.90 Å². The standard InChI is InChI=1S/C23H29F3N4O/c24-23(25,26)21-11-18(6-5-16(21)12-27)30-13-19(20(14-30)22(28)31)15-7-9-29(10-8-15)17-3-1-2-4-17/h5-6,11,15,17,19-20H,1-4,7-10,13-14H2,(H2,28,31)/t19-,20+/m0/s1. The van der Waals surface area contributed by atoms with Crippen LogP contribution in [-0.2, 0) is 11.0 Å². The van der Waals surface area contributed by atoms with Crippen LogP contribution in [0.5, 0.6) is 0 Å². The summed E-state index contributed by atoms with van der Waals surface area (Å²) in [6, 6.07) is 6.09. The van der Waals surface area contributed by atoms with Gasteiger partial charge in [-0.1, -0.05) is 12.8 Å². The first kappa shape index (κ1) is 21.9. The van der Waals surface area contributed by atoms with Gasteiger partial charge in [0.05, 0.1) is 23.1 Å². The second kappa shape index (κ2) is 8.70. The number of nitriles is 1. The molecule has 2 N–H and O–H groups in total. The summed E-state index contributed by atoms with van der Waals surface area (Å²) in [6.45, 7) is 2.88. The van der Waals surface area contributed by atoms with Gasteiger partial charge >= 0.3 is 6.18 Å². The Morgan fingerprint density at radius 2 is 1.77 bits per heavy atom. The van der Waals surface area contributed by atoms with Crippen LogP contribution in [-0.4, -0.2) is 43.0 Å². The summed E-state index contributed by atoms with van der Waals surface area (Å²) in [6.07, 6.45) is 2.54. The molecule has 8 heteroatoms. The number of carbonyl (C=O) groups excluding carboxylic acids is 1. The first-order chi connectivity index (χ1) is 14.8. The van der Waals surface area contributed by atoms with Gasteiger partial charge < -0.3 is 15.5 Å². The minimum absolute atomic E-state index is 0.0493. The maximum absolute atomic E-state index is 13.4. The fourth-order valence-electron chi connectivity index (χ4n) is 5.86. The summed E-state index contributed by atoms with van der Waals surface area (Å²) in [5, 5.41) is 9.04. The van der Waals surface area contributed by atoms with Crippen LogP contribution in [0, 0.1) is 29.1 Å². The number of carbonyl (C=O) groups is 1. The number of hydrogen-bond acceptors (Lipinski definition) is 4. The number of hydrogen-bond donors (Lipinski definition) is 1. The van der Waals surface area contributed by atoms with Crippen LogP contribution in [0.25, 0.3) is 0 Å². The van der Waals surface area contributed by atoms with Crippen molar-refractivity contribution in [3.05, 3.63) is 29.3 Å². The highest BCUT2D eigenvalue weighted by Gasteiger charge is 2.43. The van der Waals surface area contributed by atoms with Crippen molar-refractivity contribution in [2.24, 2.45) is 23.5 Å². The summed E-state index contributed by atoms with van der Waals surface area (Å²) >= 11 is 0. The van der Waals surface area contributed by atoms with E-state index in [2.05, 4.69) is 4.90 Å². The molecule has 0 radical (unpaired) electrons. The highest BCUT2D eigenvalue weighted by Crippen LogP contribution is 2.40. The molecule has 2 heterocycles. The lowest BCUT2D eigenvalue weighted by Gasteiger charge is -2.39. The van der Waals surface area contributed by atoms with Crippen molar-refractivity contribution in [3.63, 3.8) is 0 Å². The van der Waals surface area contributed by atoms with Crippen LogP contribution in [0.15, 0.2) is 18.2 Å². The highest BCUT2D eigenvalue weighted by atomic mass is 19.4. The molecule has 2 saturated heterocycles. The number of halogens is 3. The van der Waals surface area contributed by atoms with Gasteiger partial charge in [0.25, 0.3) is 0 Å². The molecule has 168 valence electrons. The van der Waals surface area contributed by atoms with Crippen LogP contribution < -0.4 is 10.6 Å². The maximum Gasteiger partial charge on any atom is 0.417 e. The Morgan fingerprint density at radius 1 is 1.10 bits per heavy atom. The molecule has 0 unspecified atom stereocenters. The molecule has 5 nitrogen and oxygen atoms in total. The van der Waals surface area contributed by atoms with E-state index < -0.39 is 17.3 Å². The fraction of sp³-hybridized carbons (Fsp3) is 0.652. The number of benzene rings is 1. The Labute approximate surface area is 181 Å². The van der Waals surface area contributed by atoms with Crippen LogP contribution in [0.2, 0.25) is 0 Å². The Kier molecular flexibility index (Phi) is 6.16. The number of amides is 1. The smallest absolute Gasteiger partial charge is 0.370 e. The second-order valence-electron chi connectivity index (χ2n) is 9.23. The van der Waals surface area contributed by atoms with Gasteiger partial charge in [-0.15, -0.1) is 0 Å². The lowest BCUT2D eigenvalue weighted by molar-refractivity contribution is -0.137. The van der Waals surface area contributed by atoms with E-state index in [-0.39, 0.29) is 17.7 Å². The van der Waals surface area contributed by atoms with E-state index in [1.165, 1.54) is 37.8 Å². The van der Waals surface area contributed by atoms with Crippen molar-refractivity contribution in [1.29, 1.82) is 5.26 Å². The van der Waals surface area contributed by atoms with Crippen molar-refractivity contribution in [2.45, 2.75) is 50.7 Å². The molecule has 4 rings (SSSR count). The quantitative estimate of drug-likeness (QED) is 0.783. The van der Waals surface area contributed by atoms with Gasteiger partial charge in [-0.25, -0.2) is 0 Å². The average molecular weight is 435 g/mol. The molecule has 3 fully saturated rings. The van der Waals surface area contributed by atoms with E-state index in [0.717, 1.165) is 32.0 Å². The van der Waals surface area contributed by atoms with Crippen LogP contribution in [0.1, 0.15) is 49.7 Å². The molecule has 1 aromatic rings. The van der Waals surface area contributed by atoms with E-state index in [4.69, 9.17) is 11.0 Å². The van der Waals surface area contributed by atoms with E-state index in [0.29, 0.717) is 30.7 Å². The molecular formula is C23H29F3N4O. The first-order valence-corrected chi connectivity index (χ1v) is 11.2. The van der Waals surface area contributed by atoms with Crippen LogP contribution in [0.3, 0.4) is 0 Å². The van der Waals surface area contributed by atoms with Gasteiger partial charge in [0.15, 0.2) is 0 Å². The monoisotopic (exact) mass is 434 g/mol. The summed E-state index contributed by atoms with van der Waals surface area (Å²) in [4.78, 5) is 16.6. The normalized spacial score (nSPS) is 26.3. The Balaban J connectivity index is 1.49. The zero-order valence-corrected chi connectivity index (χ0v) is 17.6. The number of nitrogens with zero attached hydrogens (tertiary/aromatic N) is 3. The molecular weight excluding hydrogens is 405 g/mol. The number of piperidine rings is 1. The minimum Gasteiger partial charge on any atom is -0.370 e. The van der Waals surface area contributed by atoms with Gasteiger partial charge in [-0.05, 0) is 68.8 Å². The number of rotatable bonds is 4. The number of likely N-dealkylation sites (tertiary alicyclic amines) is 1. The second-order valence-corrected chi connectivity index (χ2v) is 9.23. The highest BCUT2D eigenvalue weighted by molar-refractivity contribution is 5.79. The summed E-state index contributed by atoms with van der Waals surface area (Å²) in [5.74, 6) is -0.350. The summed E-state index contributed by atoms with van der Waals surface area (Å²) in [5.41, 5.74) is 4.77. The number of nitrogens with two attached hydrogens (primary N) is 1. The molecule has 1 amide bonds. The van der Waals surface area contributed by atoms with Gasteiger partial charge in [0.1, 0.15) is 0 Å². The molecule has 2 aliphatic heterocycles. The topological polar surface area (TPSA) is 73.4 Å². The molecule has 0 aromatic heterocycles. The van der Waals surface area contributed by atoms with E-state index in [1.54, 1.807) is 6.07 Å². The number of primary amides is 1. The van der Waals surface area contributed by atoms with Gasteiger partial charge in [-0.2, -0.15) is 18.4 Å². The largest absolute Gasteiger partial charge is 0.417 e. The Morgan fingerprint density at radius 3 is 2.35 bits per heavy atom. The zero-order valence-electron chi connectivity index (χ0n) is 17.6. The van der Waals surface area contributed by atoms with Crippen molar-refractivity contribution in [3.8, 4) is 6.07 Å². The average Bonchev–Trinajstić information content (AvgIpc) is 3.43. The van der Waals surface area contributed by atoms with Gasteiger partial charge in [0.2, 0.25) is 5.91 Å². The zero-order chi connectivity index (χ0) is 22.2. The molecule has 0 spiro atoms. The summed E-state index contributed by atoms with van der Waals surface area (Å²) < 4.78 is 40.2. The van der Waals surface area contributed by atoms with E-state index in [9.17, 15) is 18.0 Å². The number of anilines is 1. The van der Waals surface area contributed by atoms with Crippen molar-refractivity contribution in [1.82, 2.24) is 4.90 Å². The molecule has 1 aliphatic carbocycles. The van der Waals surface area contributed by atoms with Crippen LogP contribution >= 0.6 is 0 Å². The Bertz CT molecular complexity index is 851.